The van der Waals surface area contributed by atoms with E-state index in [1.807, 2.05) is 12.3 Å². The molecule has 0 aliphatic heterocycles. The van der Waals surface area contributed by atoms with Gasteiger partial charge in [0, 0.05) is 37.2 Å². The van der Waals surface area contributed by atoms with Gasteiger partial charge in [-0.3, -0.25) is 4.99 Å². The minimum atomic E-state index is -0.215. The number of benzene rings is 1. The van der Waals surface area contributed by atoms with Crippen LogP contribution in [0.5, 0.6) is 0 Å². The minimum Gasteiger partial charge on any atom is -0.361 e. The van der Waals surface area contributed by atoms with E-state index in [0.717, 1.165) is 62.4 Å². The lowest BCUT2D eigenvalue weighted by Crippen LogP contribution is -2.39. The molecule has 138 valence electrons. The first-order valence-corrected chi connectivity index (χ1v) is 9.10. The smallest absolute Gasteiger partial charge is 0.190 e. The van der Waals surface area contributed by atoms with Crippen molar-refractivity contribution in [1.82, 2.24) is 20.5 Å². The predicted octanol–water partition coefficient (Wildman–Crippen LogP) is 2.75. The number of H-pyrrole nitrogens is 1. The molecule has 0 unspecified atom stereocenters. The first-order chi connectivity index (χ1) is 12.2. The maximum atomic E-state index is 13.2. The number of halogens is 1. The molecular weight excluding hydrogens is 317 g/mol. The Hall–Kier alpha value is -2.08. The summed E-state index contributed by atoms with van der Waals surface area (Å²) in [7, 11) is 1.79. The molecule has 0 atom stereocenters. The zero-order valence-corrected chi connectivity index (χ0v) is 15.5. The highest BCUT2D eigenvalue weighted by Gasteiger charge is 2.05. The van der Waals surface area contributed by atoms with Crippen molar-refractivity contribution in [2.75, 3.05) is 39.8 Å². The van der Waals surface area contributed by atoms with E-state index in [1.165, 1.54) is 17.7 Å². The molecule has 0 fully saturated rings. The van der Waals surface area contributed by atoms with Crippen LogP contribution in [-0.2, 0) is 6.42 Å². The molecule has 0 spiro atoms. The van der Waals surface area contributed by atoms with Gasteiger partial charge in [-0.15, -0.1) is 0 Å². The molecule has 3 N–H and O–H groups in total. The van der Waals surface area contributed by atoms with E-state index >= 15 is 0 Å². The first kappa shape index (κ1) is 19.2. The molecular formula is C19H30FN5. The number of hydrogen-bond acceptors (Lipinski definition) is 2. The molecule has 0 aliphatic rings. The van der Waals surface area contributed by atoms with Gasteiger partial charge in [0.15, 0.2) is 5.96 Å². The standard InChI is InChI=1S/C19H30FN5/c1-4-25(5-2)12-6-10-22-19(21-3)23-11-9-15-14-24-18-13-16(20)7-8-17(15)18/h7-8,13-14,24H,4-6,9-12H2,1-3H3,(H2,21,22,23). The lowest BCUT2D eigenvalue weighted by molar-refractivity contribution is 0.300. The van der Waals surface area contributed by atoms with Crippen LogP contribution in [0.3, 0.4) is 0 Å². The molecule has 25 heavy (non-hydrogen) atoms. The van der Waals surface area contributed by atoms with Crippen LogP contribution in [0.4, 0.5) is 4.39 Å². The number of aromatic amines is 1. The van der Waals surface area contributed by atoms with Crippen LogP contribution >= 0.6 is 0 Å². The zero-order chi connectivity index (χ0) is 18.1. The summed E-state index contributed by atoms with van der Waals surface area (Å²) in [5.74, 6) is 0.610. The van der Waals surface area contributed by atoms with Gasteiger partial charge in [0.1, 0.15) is 5.82 Å². The SMILES string of the molecule is CCN(CC)CCCNC(=NC)NCCc1c[nH]c2cc(F)ccc12. The van der Waals surface area contributed by atoms with Crippen molar-refractivity contribution in [2.45, 2.75) is 26.7 Å². The highest BCUT2D eigenvalue weighted by Crippen LogP contribution is 2.19. The highest BCUT2D eigenvalue weighted by atomic mass is 19.1. The Labute approximate surface area is 149 Å². The number of hydrogen-bond donors (Lipinski definition) is 3. The fraction of sp³-hybridized carbons (Fsp3) is 0.526. The summed E-state index contributed by atoms with van der Waals surface area (Å²) in [5.41, 5.74) is 2.02. The molecule has 0 saturated heterocycles. The summed E-state index contributed by atoms with van der Waals surface area (Å²) in [6, 6.07) is 4.86. The van der Waals surface area contributed by atoms with Gasteiger partial charge in [-0.1, -0.05) is 13.8 Å². The van der Waals surface area contributed by atoms with Gasteiger partial charge in [-0.2, -0.15) is 0 Å². The predicted molar refractivity (Wildman–Crippen MR) is 104 cm³/mol. The molecule has 0 amide bonds. The number of rotatable bonds is 9. The van der Waals surface area contributed by atoms with E-state index in [-0.39, 0.29) is 5.82 Å². The minimum absolute atomic E-state index is 0.215. The first-order valence-electron chi connectivity index (χ1n) is 9.10. The lowest BCUT2D eigenvalue weighted by atomic mass is 10.1. The van der Waals surface area contributed by atoms with E-state index in [0.29, 0.717) is 0 Å². The van der Waals surface area contributed by atoms with Crippen molar-refractivity contribution >= 4 is 16.9 Å². The quantitative estimate of drug-likeness (QED) is 0.371. The van der Waals surface area contributed by atoms with Gasteiger partial charge in [0.25, 0.3) is 0 Å². The number of nitrogens with zero attached hydrogens (tertiary/aromatic N) is 2. The summed E-state index contributed by atoms with van der Waals surface area (Å²) >= 11 is 0. The molecule has 2 aromatic rings. The van der Waals surface area contributed by atoms with E-state index in [1.54, 1.807) is 7.05 Å². The topological polar surface area (TPSA) is 55.4 Å². The Kier molecular flexibility index (Phi) is 7.73. The van der Waals surface area contributed by atoms with Gasteiger partial charge >= 0.3 is 0 Å². The fourth-order valence-electron chi connectivity index (χ4n) is 2.95. The molecule has 6 heteroatoms. The Morgan fingerprint density at radius 2 is 1.96 bits per heavy atom. The Bertz CT molecular complexity index is 676. The van der Waals surface area contributed by atoms with Crippen molar-refractivity contribution in [3.05, 3.63) is 35.8 Å². The van der Waals surface area contributed by atoms with E-state index in [2.05, 4.69) is 39.4 Å². The molecule has 5 nitrogen and oxygen atoms in total. The summed E-state index contributed by atoms with van der Waals surface area (Å²) < 4.78 is 13.2. The lowest BCUT2D eigenvalue weighted by Gasteiger charge is -2.18. The molecule has 1 aromatic heterocycles. The van der Waals surface area contributed by atoms with Crippen molar-refractivity contribution in [3.63, 3.8) is 0 Å². The summed E-state index contributed by atoms with van der Waals surface area (Å²) in [6.07, 6.45) is 3.90. The molecule has 0 saturated carbocycles. The third-order valence-electron chi connectivity index (χ3n) is 4.48. The third-order valence-corrected chi connectivity index (χ3v) is 4.48. The molecule has 0 aliphatic carbocycles. The van der Waals surface area contributed by atoms with E-state index < -0.39 is 0 Å². The van der Waals surface area contributed by atoms with Crippen LogP contribution in [0.15, 0.2) is 29.4 Å². The Morgan fingerprint density at radius 1 is 1.20 bits per heavy atom. The van der Waals surface area contributed by atoms with Gasteiger partial charge in [-0.25, -0.2) is 4.39 Å². The number of guanidine groups is 1. The second-order valence-corrected chi connectivity index (χ2v) is 6.06. The molecule has 1 aromatic carbocycles. The van der Waals surface area contributed by atoms with Gasteiger partial charge in [0.05, 0.1) is 0 Å². The largest absolute Gasteiger partial charge is 0.361 e. The van der Waals surface area contributed by atoms with Crippen LogP contribution in [0.25, 0.3) is 10.9 Å². The monoisotopic (exact) mass is 347 g/mol. The van der Waals surface area contributed by atoms with Crippen LogP contribution in [0.2, 0.25) is 0 Å². The normalized spacial score (nSPS) is 12.1. The van der Waals surface area contributed by atoms with Crippen molar-refractivity contribution < 1.29 is 4.39 Å². The third kappa shape index (κ3) is 5.74. The van der Waals surface area contributed by atoms with Gasteiger partial charge in [-0.05, 0) is 56.2 Å². The van der Waals surface area contributed by atoms with Gasteiger partial charge in [0.2, 0.25) is 0 Å². The number of aliphatic imine (C=N–C) groups is 1. The summed E-state index contributed by atoms with van der Waals surface area (Å²) in [4.78, 5) is 9.80. The maximum absolute atomic E-state index is 13.2. The second kappa shape index (κ2) is 10.0. The Balaban J connectivity index is 1.73. The van der Waals surface area contributed by atoms with Crippen molar-refractivity contribution in [2.24, 2.45) is 4.99 Å². The van der Waals surface area contributed by atoms with Crippen LogP contribution in [0.1, 0.15) is 25.8 Å². The molecule has 1 heterocycles. The van der Waals surface area contributed by atoms with Crippen molar-refractivity contribution in [3.8, 4) is 0 Å². The van der Waals surface area contributed by atoms with E-state index in [9.17, 15) is 4.39 Å². The average molecular weight is 347 g/mol. The fourth-order valence-corrected chi connectivity index (χ4v) is 2.95. The molecule has 0 radical (unpaired) electrons. The van der Waals surface area contributed by atoms with Crippen LogP contribution < -0.4 is 10.6 Å². The number of aromatic nitrogens is 1. The summed E-state index contributed by atoms with van der Waals surface area (Å²) in [5, 5.41) is 7.76. The zero-order valence-electron chi connectivity index (χ0n) is 15.5. The van der Waals surface area contributed by atoms with E-state index in [4.69, 9.17) is 0 Å². The Morgan fingerprint density at radius 3 is 2.68 bits per heavy atom. The highest BCUT2D eigenvalue weighted by molar-refractivity contribution is 5.83. The average Bonchev–Trinajstić information content (AvgIpc) is 3.02. The van der Waals surface area contributed by atoms with Crippen molar-refractivity contribution in [1.29, 1.82) is 0 Å². The molecule has 2 rings (SSSR count). The number of nitrogens with one attached hydrogen (secondary N) is 3. The summed E-state index contributed by atoms with van der Waals surface area (Å²) in [6.45, 7) is 9.36. The van der Waals surface area contributed by atoms with Gasteiger partial charge < -0.3 is 20.5 Å². The number of fused-ring (bicyclic) bond motifs is 1. The van der Waals surface area contributed by atoms with Crippen LogP contribution in [-0.4, -0.2) is 55.6 Å². The molecule has 0 bridgehead atoms. The maximum Gasteiger partial charge on any atom is 0.190 e. The second-order valence-electron chi connectivity index (χ2n) is 6.06. The van der Waals surface area contributed by atoms with Crippen LogP contribution in [0, 0.1) is 5.82 Å².